The Kier molecular flexibility index (Phi) is 5.80. The zero-order valence-corrected chi connectivity index (χ0v) is 14.3. The van der Waals surface area contributed by atoms with Gasteiger partial charge in [0.2, 0.25) is 0 Å². The van der Waals surface area contributed by atoms with Crippen LogP contribution in [0.2, 0.25) is 0 Å². The van der Waals surface area contributed by atoms with Gasteiger partial charge in [0.15, 0.2) is 0 Å². The molecule has 1 aromatic rings. The van der Waals surface area contributed by atoms with Crippen molar-refractivity contribution in [2.24, 2.45) is 0 Å². The molecule has 7 heteroatoms. The van der Waals surface area contributed by atoms with E-state index in [9.17, 15) is 17.4 Å². The van der Waals surface area contributed by atoms with Crippen molar-refractivity contribution >= 4 is 26.9 Å². The normalized spacial score (nSPS) is 16.6. The average molecular weight is 384 g/mol. The third-order valence-corrected chi connectivity index (χ3v) is 4.99. The minimum Gasteiger partial charge on any atom is -0.242 e. The van der Waals surface area contributed by atoms with Crippen LogP contribution >= 0.6 is 15.9 Å². The largest absolute Gasteiger partial charge is 0.265 e. The number of hydrogen-bond acceptors (Lipinski definition) is 1. The van der Waals surface area contributed by atoms with E-state index in [1.807, 2.05) is 0 Å². The predicted octanol–water partition coefficient (Wildman–Crippen LogP) is 4.29. The Labute approximate surface area is 133 Å². The quantitative estimate of drug-likeness (QED) is 0.755. The standard InChI is InChI=1S/C14H17BrF3NOS/c1-5-14(12(17)18,19-21(20)13(2,3)4)10-8-9(15)6-7-11(10)16/h5-8,12,19H,1H2,2-4H3. The summed E-state index contributed by atoms with van der Waals surface area (Å²) in [5, 5.41) is 0. The van der Waals surface area contributed by atoms with Gasteiger partial charge in [0.05, 0.1) is 15.7 Å². The molecule has 0 amide bonds. The molecule has 0 bridgehead atoms. The second kappa shape index (κ2) is 6.62. The van der Waals surface area contributed by atoms with Gasteiger partial charge in [-0.2, -0.15) is 0 Å². The molecule has 0 saturated carbocycles. The Morgan fingerprint density at radius 1 is 1.38 bits per heavy atom. The Bertz CT molecular complexity index is 560. The first-order chi connectivity index (χ1) is 9.54. The Hall–Kier alpha value is -0.660. The van der Waals surface area contributed by atoms with Crippen LogP contribution in [0.4, 0.5) is 13.2 Å². The van der Waals surface area contributed by atoms with Crippen molar-refractivity contribution in [1.82, 2.24) is 4.72 Å². The maximum Gasteiger partial charge on any atom is 0.265 e. The van der Waals surface area contributed by atoms with Crippen LogP contribution in [0.15, 0.2) is 35.3 Å². The van der Waals surface area contributed by atoms with Crippen molar-refractivity contribution in [2.75, 3.05) is 0 Å². The minimum absolute atomic E-state index is 0.306. The molecular weight excluding hydrogens is 367 g/mol. The van der Waals surface area contributed by atoms with Gasteiger partial charge in [-0.05, 0) is 39.0 Å². The second-order valence-electron chi connectivity index (χ2n) is 5.48. The van der Waals surface area contributed by atoms with Crippen LogP contribution in [0.1, 0.15) is 26.3 Å². The van der Waals surface area contributed by atoms with E-state index >= 15 is 0 Å². The third kappa shape index (κ3) is 3.96. The molecule has 1 rings (SSSR count). The fourth-order valence-electron chi connectivity index (χ4n) is 1.58. The Morgan fingerprint density at radius 2 is 1.95 bits per heavy atom. The van der Waals surface area contributed by atoms with Gasteiger partial charge in [-0.25, -0.2) is 22.1 Å². The zero-order chi connectivity index (χ0) is 16.4. The van der Waals surface area contributed by atoms with E-state index in [0.717, 1.165) is 12.1 Å². The van der Waals surface area contributed by atoms with E-state index in [1.54, 1.807) is 20.8 Å². The summed E-state index contributed by atoms with van der Waals surface area (Å²) in [5.74, 6) is -0.822. The molecule has 0 aliphatic heterocycles. The molecule has 0 aliphatic carbocycles. The van der Waals surface area contributed by atoms with E-state index in [1.165, 1.54) is 12.1 Å². The summed E-state index contributed by atoms with van der Waals surface area (Å²) in [5.41, 5.74) is -2.54. The molecule has 0 spiro atoms. The molecule has 0 heterocycles. The van der Waals surface area contributed by atoms with E-state index in [0.29, 0.717) is 4.47 Å². The molecule has 118 valence electrons. The van der Waals surface area contributed by atoms with Crippen molar-refractivity contribution in [2.45, 2.75) is 37.5 Å². The molecule has 0 aliphatic rings. The van der Waals surface area contributed by atoms with Crippen LogP contribution in [-0.2, 0) is 16.5 Å². The molecule has 0 aromatic heterocycles. The van der Waals surface area contributed by atoms with Crippen molar-refractivity contribution in [3.8, 4) is 0 Å². The lowest BCUT2D eigenvalue weighted by Gasteiger charge is -2.34. The lowest BCUT2D eigenvalue weighted by atomic mass is 9.91. The summed E-state index contributed by atoms with van der Waals surface area (Å²) in [7, 11) is -1.83. The maximum atomic E-state index is 14.0. The molecule has 21 heavy (non-hydrogen) atoms. The first-order valence-electron chi connectivity index (χ1n) is 6.11. The smallest absolute Gasteiger partial charge is 0.242 e. The van der Waals surface area contributed by atoms with Crippen LogP contribution in [0, 0.1) is 5.82 Å². The number of nitrogens with one attached hydrogen (secondary N) is 1. The van der Waals surface area contributed by atoms with Gasteiger partial charge in [-0.3, -0.25) is 0 Å². The van der Waals surface area contributed by atoms with Crippen molar-refractivity contribution in [3.05, 3.63) is 46.7 Å². The van der Waals surface area contributed by atoms with Gasteiger partial charge in [-0.15, -0.1) is 6.58 Å². The minimum atomic E-state index is -3.02. The van der Waals surface area contributed by atoms with Crippen LogP contribution in [-0.4, -0.2) is 15.4 Å². The first-order valence-corrected chi connectivity index (χ1v) is 8.06. The van der Waals surface area contributed by atoms with E-state index in [2.05, 4.69) is 27.2 Å². The second-order valence-corrected chi connectivity index (χ2v) is 8.36. The van der Waals surface area contributed by atoms with Crippen molar-refractivity contribution < 1.29 is 17.4 Å². The fraction of sp³-hybridized carbons (Fsp3) is 0.429. The van der Waals surface area contributed by atoms with E-state index in [-0.39, 0.29) is 5.56 Å². The number of alkyl halides is 2. The number of benzene rings is 1. The van der Waals surface area contributed by atoms with Gasteiger partial charge >= 0.3 is 0 Å². The highest BCUT2D eigenvalue weighted by Gasteiger charge is 2.44. The summed E-state index contributed by atoms with van der Waals surface area (Å²) in [6.07, 6.45) is -2.13. The highest BCUT2D eigenvalue weighted by atomic mass is 79.9. The molecule has 0 radical (unpaired) electrons. The SMILES string of the molecule is C=CC(NS(=O)C(C)(C)C)(c1cc(Br)ccc1F)C(F)F. The lowest BCUT2D eigenvalue weighted by molar-refractivity contribution is 0.0676. The molecule has 0 saturated heterocycles. The summed E-state index contributed by atoms with van der Waals surface area (Å²) in [4.78, 5) is 0. The lowest BCUT2D eigenvalue weighted by Crippen LogP contribution is -2.51. The highest BCUT2D eigenvalue weighted by molar-refractivity contribution is 9.10. The number of hydrogen-bond donors (Lipinski definition) is 1. The number of halogens is 4. The van der Waals surface area contributed by atoms with Crippen LogP contribution in [0.5, 0.6) is 0 Å². The molecule has 2 nitrogen and oxygen atoms in total. The zero-order valence-electron chi connectivity index (χ0n) is 11.9. The average Bonchev–Trinajstić information content (AvgIpc) is 2.37. The first kappa shape index (κ1) is 18.4. The van der Waals surface area contributed by atoms with Crippen LogP contribution in [0.3, 0.4) is 0 Å². The third-order valence-electron chi connectivity index (χ3n) is 2.86. The van der Waals surface area contributed by atoms with E-state index in [4.69, 9.17) is 0 Å². The molecule has 0 fully saturated rings. The molecule has 2 atom stereocenters. The number of rotatable bonds is 5. The van der Waals surface area contributed by atoms with Crippen LogP contribution < -0.4 is 4.72 Å². The molecule has 2 unspecified atom stereocenters. The maximum absolute atomic E-state index is 14.0. The topological polar surface area (TPSA) is 29.1 Å². The van der Waals surface area contributed by atoms with Crippen molar-refractivity contribution in [3.63, 3.8) is 0 Å². The van der Waals surface area contributed by atoms with E-state index < -0.39 is 33.5 Å². The highest BCUT2D eigenvalue weighted by Crippen LogP contribution is 2.34. The molecule has 1 aromatic carbocycles. The van der Waals surface area contributed by atoms with Gasteiger partial charge in [-0.1, -0.05) is 22.0 Å². The van der Waals surface area contributed by atoms with Gasteiger partial charge in [0.25, 0.3) is 6.43 Å². The van der Waals surface area contributed by atoms with Gasteiger partial charge in [0.1, 0.15) is 11.4 Å². The Balaban J connectivity index is 3.44. The summed E-state index contributed by atoms with van der Waals surface area (Å²) in [6, 6.07) is 3.71. The fourth-order valence-corrected chi connectivity index (χ4v) is 2.84. The van der Waals surface area contributed by atoms with Crippen molar-refractivity contribution in [1.29, 1.82) is 0 Å². The summed E-state index contributed by atoms with van der Waals surface area (Å²) >= 11 is 3.12. The summed E-state index contributed by atoms with van der Waals surface area (Å²) in [6.45, 7) is 8.27. The molecule has 1 N–H and O–H groups in total. The monoisotopic (exact) mass is 383 g/mol. The van der Waals surface area contributed by atoms with Crippen LogP contribution in [0.25, 0.3) is 0 Å². The van der Waals surface area contributed by atoms with Gasteiger partial charge < -0.3 is 0 Å². The molecular formula is C14H17BrF3NOS. The summed E-state index contributed by atoms with van der Waals surface area (Å²) < 4.78 is 55.5. The predicted molar refractivity (Wildman–Crippen MR) is 83.0 cm³/mol. The Morgan fingerprint density at radius 3 is 2.38 bits per heavy atom. The van der Waals surface area contributed by atoms with Gasteiger partial charge in [0, 0.05) is 10.0 Å².